The Morgan fingerprint density at radius 1 is 0.745 bits per heavy atom. The van der Waals surface area contributed by atoms with Gasteiger partial charge >= 0.3 is 0 Å². The van der Waals surface area contributed by atoms with E-state index in [-0.39, 0.29) is 25.5 Å². The van der Waals surface area contributed by atoms with Crippen LogP contribution in [0.3, 0.4) is 0 Å². The summed E-state index contributed by atoms with van der Waals surface area (Å²) in [5.41, 5.74) is 12.2. The van der Waals surface area contributed by atoms with Crippen LogP contribution in [0, 0.1) is 24.5 Å². The maximum atomic E-state index is 6.52. The van der Waals surface area contributed by atoms with Gasteiger partial charge in [-0.2, -0.15) is 0 Å². The normalized spacial score (nSPS) is 11.7. The van der Waals surface area contributed by atoms with E-state index in [0.717, 1.165) is 62.0 Å². The predicted octanol–water partition coefficient (Wildman–Crippen LogP) is 12.2. The van der Waals surface area contributed by atoms with Gasteiger partial charge in [0, 0.05) is 43.4 Å². The van der Waals surface area contributed by atoms with E-state index in [1.807, 2.05) is 36.5 Å². The average molecular weight is 865 g/mol. The number of aryl methyl sites for hydroxylation is 1. The molecule has 263 valence electrons. The van der Waals surface area contributed by atoms with Crippen molar-refractivity contribution in [3.8, 4) is 33.6 Å². The Morgan fingerprint density at radius 3 is 2.12 bits per heavy atom. The maximum Gasteiger partial charge on any atom is 0.128 e. The molecule has 0 bridgehead atoms. The van der Waals surface area contributed by atoms with Crippen molar-refractivity contribution in [2.75, 3.05) is 0 Å². The summed E-state index contributed by atoms with van der Waals surface area (Å²) in [4.78, 5) is 9.41. The summed E-state index contributed by atoms with van der Waals surface area (Å²) in [5, 5.41) is 3.69. The topological polar surface area (TPSA) is 38.9 Å². The number of benzene rings is 4. The molecule has 5 heteroatoms. The van der Waals surface area contributed by atoms with Crippen molar-refractivity contribution in [1.82, 2.24) is 9.97 Å². The molecule has 3 nitrogen and oxygen atoms in total. The molecule has 1 radical (unpaired) electrons. The first-order valence-electron chi connectivity index (χ1n) is 17.6. The fraction of sp³-hybridized carbons (Fsp3) is 0.261. The standard InChI is InChI=1S/C29H26NO.C17H22NSi.Ir/c1-19-18-30-26(16-21(19)17-29(2,3)4)25-15-9-14-24-23-13-8-12-22(27(23)31-28(24)25)20-10-6-5-7-11-20;1-13(2)15-11-16(14-9-7-6-8-10-14)18-12-17(15)19(3,4)5;/h5-14,16,18H,17H2,1-4H3;6-9,11-13H,1-5H3;/q2*-1;. The van der Waals surface area contributed by atoms with E-state index in [1.54, 1.807) is 0 Å². The number of aromatic nitrogens is 2. The summed E-state index contributed by atoms with van der Waals surface area (Å²) in [6, 6.07) is 40.0. The van der Waals surface area contributed by atoms with E-state index in [2.05, 4.69) is 151 Å². The molecule has 0 N–H and O–H groups in total. The minimum Gasteiger partial charge on any atom is -0.500 e. The summed E-state index contributed by atoms with van der Waals surface area (Å²) in [7, 11) is -1.34. The van der Waals surface area contributed by atoms with Crippen LogP contribution in [0.15, 0.2) is 114 Å². The van der Waals surface area contributed by atoms with E-state index in [0.29, 0.717) is 5.92 Å². The second kappa shape index (κ2) is 15.6. The van der Waals surface area contributed by atoms with Crippen LogP contribution in [0.1, 0.15) is 57.2 Å². The Hall–Kier alpha value is -4.15. The third kappa shape index (κ3) is 8.67. The molecular formula is C46H48IrN2OSi-2. The van der Waals surface area contributed by atoms with Gasteiger partial charge < -0.3 is 14.4 Å². The first kappa shape index (κ1) is 38.1. The van der Waals surface area contributed by atoms with Crippen molar-refractivity contribution < 1.29 is 24.5 Å². The molecule has 4 aromatic carbocycles. The molecule has 0 aliphatic heterocycles. The van der Waals surface area contributed by atoms with Gasteiger partial charge in [-0.05, 0) is 52.4 Å². The molecule has 0 unspecified atom stereocenters. The minimum absolute atomic E-state index is 0. The average Bonchev–Trinajstić information content (AvgIpc) is 3.48. The molecule has 3 heterocycles. The summed E-state index contributed by atoms with van der Waals surface area (Å²) >= 11 is 0. The monoisotopic (exact) mass is 865 g/mol. The molecule has 0 atom stereocenters. The number of hydrogen-bond acceptors (Lipinski definition) is 3. The molecule has 0 aliphatic rings. The number of nitrogens with zero attached hydrogens (tertiary/aromatic N) is 2. The van der Waals surface area contributed by atoms with Crippen LogP contribution < -0.4 is 5.19 Å². The zero-order chi connectivity index (χ0) is 35.6. The van der Waals surface area contributed by atoms with Crippen molar-refractivity contribution in [2.24, 2.45) is 5.41 Å². The first-order valence-corrected chi connectivity index (χ1v) is 21.1. The third-order valence-electron chi connectivity index (χ3n) is 9.09. The van der Waals surface area contributed by atoms with E-state index in [9.17, 15) is 0 Å². The fourth-order valence-electron chi connectivity index (χ4n) is 6.54. The molecule has 7 aromatic rings. The van der Waals surface area contributed by atoms with Crippen molar-refractivity contribution in [3.05, 3.63) is 138 Å². The number of furan rings is 1. The van der Waals surface area contributed by atoms with E-state index >= 15 is 0 Å². The van der Waals surface area contributed by atoms with Gasteiger partial charge in [0.25, 0.3) is 0 Å². The molecule has 51 heavy (non-hydrogen) atoms. The van der Waals surface area contributed by atoms with Gasteiger partial charge in [-0.1, -0.05) is 137 Å². The van der Waals surface area contributed by atoms with Crippen molar-refractivity contribution in [2.45, 2.75) is 73.5 Å². The zero-order valence-electron chi connectivity index (χ0n) is 31.3. The van der Waals surface area contributed by atoms with Gasteiger partial charge in [-0.25, -0.2) is 0 Å². The third-order valence-corrected chi connectivity index (χ3v) is 11.1. The van der Waals surface area contributed by atoms with Crippen LogP contribution in [-0.4, -0.2) is 18.0 Å². The van der Waals surface area contributed by atoms with E-state index < -0.39 is 8.07 Å². The smallest absolute Gasteiger partial charge is 0.128 e. The van der Waals surface area contributed by atoms with Crippen LogP contribution in [0.5, 0.6) is 0 Å². The Morgan fingerprint density at radius 2 is 1.45 bits per heavy atom. The minimum atomic E-state index is -1.34. The summed E-state index contributed by atoms with van der Waals surface area (Å²) in [6.45, 7) is 20.6. The number of hydrogen-bond donors (Lipinski definition) is 0. The molecule has 0 saturated heterocycles. The molecule has 0 aliphatic carbocycles. The predicted molar refractivity (Wildman–Crippen MR) is 215 cm³/mol. The summed E-state index contributed by atoms with van der Waals surface area (Å²) < 4.78 is 6.52. The van der Waals surface area contributed by atoms with Crippen LogP contribution in [-0.2, 0) is 26.5 Å². The van der Waals surface area contributed by atoms with Gasteiger partial charge in [-0.15, -0.1) is 54.1 Å². The molecule has 0 fully saturated rings. The van der Waals surface area contributed by atoms with Gasteiger partial charge in [0.05, 0.1) is 13.7 Å². The molecule has 0 amide bonds. The van der Waals surface area contributed by atoms with Crippen molar-refractivity contribution in [1.29, 1.82) is 0 Å². The van der Waals surface area contributed by atoms with E-state index in [4.69, 9.17) is 9.40 Å². The zero-order valence-corrected chi connectivity index (χ0v) is 34.7. The molecular weight excluding hydrogens is 817 g/mol. The quantitative estimate of drug-likeness (QED) is 0.123. The molecule has 3 aromatic heterocycles. The van der Waals surface area contributed by atoms with Crippen molar-refractivity contribution >= 4 is 35.2 Å². The molecule has 0 spiro atoms. The SMILES string of the molecule is CC(C)c1cc(-c2[c-]cccc2)ncc1[Si](C)(C)C.Cc1cnc(-c2[c-]ccc3c2oc2c(-c4ccccc4)cccc23)cc1CC(C)(C)C.[Ir]. The number of fused-ring (bicyclic) bond motifs is 3. The van der Waals surface area contributed by atoms with Gasteiger partial charge in [0.15, 0.2) is 0 Å². The van der Waals surface area contributed by atoms with Gasteiger partial charge in [0.2, 0.25) is 0 Å². The maximum absolute atomic E-state index is 6.52. The molecule has 0 saturated carbocycles. The Kier molecular flexibility index (Phi) is 11.7. The largest absolute Gasteiger partial charge is 0.500 e. The second-order valence-electron chi connectivity index (χ2n) is 15.8. The van der Waals surface area contributed by atoms with Crippen LogP contribution in [0.2, 0.25) is 19.6 Å². The number of para-hydroxylation sites is 1. The van der Waals surface area contributed by atoms with Crippen LogP contribution in [0.25, 0.3) is 55.6 Å². The number of rotatable bonds is 6. The van der Waals surface area contributed by atoms with Crippen molar-refractivity contribution in [3.63, 3.8) is 0 Å². The van der Waals surface area contributed by atoms with Gasteiger partial charge in [0.1, 0.15) is 5.58 Å². The van der Waals surface area contributed by atoms with E-state index in [1.165, 1.54) is 21.9 Å². The Bertz CT molecular complexity index is 2240. The summed E-state index contributed by atoms with van der Waals surface area (Å²) in [6.07, 6.45) is 5.07. The Balaban J connectivity index is 0.000000218. The number of pyridine rings is 2. The Labute approximate surface area is 319 Å². The first-order chi connectivity index (χ1) is 23.8. The van der Waals surface area contributed by atoms with Gasteiger partial charge in [-0.3, -0.25) is 0 Å². The second-order valence-corrected chi connectivity index (χ2v) is 20.9. The van der Waals surface area contributed by atoms with Crippen LogP contribution in [0.4, 0.5) is 0 Å². The fourth-order valence-corrected chi connectivity index (χ4v) is 8.22. The molecule has 7 rings (SSSR count). The van der Waals surface area contributed by atoms with Crippen LogP contribution >= 0.6 is 0 Å². The summed E-state index contributed by atoms with van der Waals surface area (Å²) in [5.74, 6) is 0.534.